The summed E-state index contributed by atoms with van der Waals surface area (Å²) in [5, 5.41) is 16.5. The highest BCUT2D eigenvalue weighted by atomic mass is 19.4. The molecule has 2 rings (SSSR count). The standard InChI is InChI=1S/C12H12F3N5/c1-8-9(7-19(2)17-8)10-6-11(12(13,14)15)20(18-10)5-3-4-16/h6-7H,3,5H2,1-2H3. The van der Waals surface area contributed by atoms with E-state index in [9.17, 15) is 13.2 Å². The van der Waals surface area contributed by atoms with E-state index in [1.807, 2.05) is 6.07 Å². The van der Waals surface area contributed by atoms with E-state index in [4.69, 9.17) is 5.26 Å². The van der Waals surface area contributed by atoms with Gasteiger partial charge in [-0.1, -0.05) is 0 Å². The average molecular weight is 283 g/mol. The molecule has 8 heteroatoms. The predicted molar refractivity (Wildman–Crippen MR) is 64.4 cm³/mol. The average Bonchev–Trinajstić information content (AvgIpc) is 2.89. The number of rotatable bonds is 3. The lowest BCUT2D eigenvalue weighted by molar-refractivity contribution is -0.144. The van der Waals surface area contributed by atoms with Crippen LogP contribution in [0.5, 0.6) is 0 Å². The van der Waals surface area contributed by atoms with Crippen LogP contribution < -0.4 is 0 Å². The van der Waals surface area contributed by atoms with E-state index in [2.05, 4.69) is 10.2 Å². The largest absolute Gasteiger partial charge is 0.433 e. The van der Waals surface area contributed by atoms with Crippen molar-refractivity contribution in [3.8, 4) is 17.3 Å². The van der Waals surface area contributed by atoms with Crippen LogP contribution in [0.15, 0.2) is 12.3 Å². The molecule has 0 aliphatic carbocycles. The Hall–Kier alpha value is -2.30. The Bertz CT molecular complexity index is 660. The third-order valence-corrected chi connectivity index (χ3v) is 2.80. The number of halogens is 3. The molecule has 0 unspecified atom stereocenters. The van der Waals surface area contributed by atoms with Crippen molar-refractivity contribution in [1.29, 1.82) is 5.26 Å². The summed E-state index contributed by atoms with van der Waals surface area (Å²) in [5.41, 5.74) is 0.506. The quantitative estimate of drug-likeness (QED) is 0.869. The van der Waals surface area contributed by atoms with E-state index in [1.54, 1.807) is 20.2 Å². The van der Waals surface area contributed by atoms with E-state index in [1.165, 1.54) is 4.68 Å². The number of hydrogen-bond acceptors (Lipinski definition) is 3. The lowest BCUT2D eigenvalue weighted by atomic mass is 10.2. The Kier molecular flexibility index (Phi) is 3.53. The van der Waals surface area contributed by atoms with E-state index in [-0.39, 0.29) is 18.7 Å². The van der Waals surface area contributed by atoms with Crippen LogP contribution in [0.2, 0.25) is 0 Å². The molecule has 0 spiro atoms. The number of alkyl halides is 3. The van der Waals surface area contributed by atoms with E-state index >= 15 is 0 Å². The molecular weight excluding hydrogens is 271 g/mol. The molecule has 0 N–H and O–H groups in total. The summed E-state index contributed by atoms with van der Waals surface area (Å²) in [6, 6.07) is 2.80. The molecule has 20 heavy (non-hydrogen) atoms. The number of aryl methyl sites for hydroxylation is 3. The van der Waals surface area contributed by atoms with Crippen molar-refractivity contribution in [3.63, 3.8) is 0 Å². The lowest BCUT2D eigenvalue weighted by Crippen LogP contribution is -2.14. The second kappa shape index (κ2) is 5.00. The van der Waals surface area contributed by atoms with Gasteiger partial charge in [0.05, 0.1) is 30.4 Å². The Morgan fingerprint density at radius 3 is 2.55 bits per heavy atom. The van der Waals surface area contributed by atoms with Crippen LogP contribution in [0.1, 0.15) is 17.8 Å². The van der Waals surface area contributed by atoms with E-state index < -0.39 is 11.9 Å². The minimum absolute atomic E-state index is 0.0315. The molecule has 0 aliphatic rings. The highest BCUT2D eigenvalue weighted by Gasteiger charge is 2.36. The van der Waals surface area contributed by atoms with Crippen LogP contribution in [0.3, 0.4) is 0 Å². The van der Waals surface area contributed by atoms with Crippen LogP contribution in [0, 0.1) is 18.3 Å². The molecule has 106 valence electrons. The fraction of sp³-hybridized carbons (Fsp3) is 0.417. The van der Waals surface area contributed by atoms with Crippen molar-refractivity contribution in [2.75, 3.05) is 0 Å². The van der Waals surface area contributed by atoms with Crippen molar-refractivity contribution in [1.82, 2.24) is 19.6 Å². The molecule has 2 aromatic rings. The van der Waals surface area contributed by atoms with Gasteiger partial charge in [0, 0.05) is 18.8 Å². The predicted octanol–water partition coefficient (Wildman–Crippen LogP) is 2.52. The summed E-state index contributed by atoms with van der Waals surface area (Å²) in [6.45, 7) is 1.61. The monoisotopic (exact) mass is 283 g/mol. The molecule has 0 radical (unpaired) electrons. The Morgan fingerprint density at radius 1 is 1.35 bits per heavy atom. The Labute approximate surface area is 113 Å². The van der Waals surface area contributed by atoms with Gasteiger partial charge in [-0.05, 0) is 13.0 Å². The SMILES string of the molecule is Cc1nn(C)cc1-c1cc(C(F)(F)F)n(CCC#N)n1. The highest BCUT2D eigenvalue weighted by Crippen LogP contribution is 2.33. The molecule has 0 aromatic carbocycles. The Balaban J connectivity index is 2.49. The number of nitrogens with zero attached hydrogens (tertiary/aromatic N) is 5. The van der Waals surface area contributed by atoms with Gasteiger partial charge in [-0.2, -0.15) is 28.6 Å². The van der Waals surface area contributed by atoms with Gasteiger partial charge in [0.2, 0.25) is 0 Å². The molecule has 5 nitrogen and oxygen atoms in total. The van der Waals surface area contributed by atoms with Gasteiger partial charge in [-0.3, -0.25) is 9.36 Å². The summed E-state index contributed by atoms with van der Waals surface area (Å²) in [5.74, 6) is 0. The van der Waals surface area contributed by atoms with Gasteiger partial charge in [0.1, 0.15) is 5.69 Å². The summed E-state index contributed by atoms with van der Waals surface area (Å²) in [7, 11) is 1.69. The van der Waals surface area contributed by atoms with Gasteiger partial charge in [-0.25, -0.2) is 0 Å². The number of aromatic nitrogens is 4. The second-order valence-corrected chi connectivity index (χ2v) is 4.35. The van der Waals surface area contributed by atoms with Crippen LogP contribution in [-0.2, 0) is 19.8 Å². The zero-order chi connectivity index (χ0) is 14.9. The van der Waals surface area contributed by atoms with Crippen LogP contribution in [-0.4, -0.2) is 19.6 Å². The maximum Gasteiger partial charge on any atom is 0.433 e. The number of hydrogen-bond donors (Lipinski definition) is 0. The fourth-order valence-corrected chi connectivity index (χ4v) is 1.95. The normalized spacial score (nSPS) is 11.6. The third kappa shape index (κ3) is 2.66. The van der Waals surface area contributed by atoms with Crippen molar-refractivity contribution in [2.24, 2.45) is 7.05 Å². The highest BCUT2D eigenvalue weighted by molar-refractivity contribution is 5.61. The van der Waals surface area contributed by atoms with Crippen molar-refractivity contribution in [3.05, 3.63) is 23.7 Å². The minimum atomic E-state index is -4.50. The summed E-state index contributed by atoms with van der Waals surface area (Å²) >= 11 is 0. The lowest BCUT2D eigenvalue weighted by Gasteiger charge is -2.07. The maximum absolute atomic E-state index is 12.9. The topological polar surface area (TPSA) is 59.4 Å². The van der Waals surface area contributed by atoms with Crippen molar-refractivity contribution in [2.45, 2.75) is 26.1 Å². The summed E-state index contributed by atoms with van der Waals surface area (Å²) < 4.78 is 41.2. The molecule has 0 bridgehead atoms. The molecule has 0 fully saturated rings. The molecule has 0 atom stereocenters. The maximum atomic E-state index is 12.9. The first-order chi connectivity index (χ1) is 9.32. The summed E-state index contributed by atoms with van der Waals surface area (Å²) in [4.78, 5) is 0. The molecule has 0 saturated heterocycles. The zero-order valence-electron chi connectivity index (χ0n) is 10.9. The molecule has 0 amide bonds. The first-order valence-corrected chi connectivity index (χ1v) is 5.85. The molecule has 0 saturated carbocycles. The fourth-order valence-electron chi connectivity index (χ4n) is 1.95. The Morgan fingerprint density at radius 2 is 2.05 bits per heavy atom. The zero-order valence-corrected chi connectivity index (χ0v) is 10.9. The van der Waals surface area contributed by atoms with Crippen LogP contribution in [0.25, 0.3) is 11.3 Å². The minimum Gasteiger partial charge on any atom is -0.275 e. The van der Waals surface area contributed by atoms with Gasteiger partial charge in [-0.15, -0.1) is 0 Å². The second-order valence-electron chi connectivity index (χ2n) is 4.35. The first-order valence-electron chi connectivity index (χ1n) is 5.85. The molecule has 2 aromatic heterocycles. The van der Waals surface area contributed by atoms with Crippen LogP contribution in [0.4, 0.5) is 13.2 Å². The summed E-state index contributed by atoms with van der Waals surface area (Å²) in [6.07, 6.45) is -2.92. The van der Waals surface area contributed by atoms with Crippen molar-refractivity contribution >= 4 is 0 Å². The van der Waals surface area contributed by atoms with Gasteiger partial charge >= 0.3 is 6.18 Å². The molecule has 2 heterocycles. The van der Waals surface area contributed by atoms with E-state index in [0.29, 0.717) is 11.3 Å². The number of nitriles is 1. The first kappa shape index (κ1) is 14.1. The van der Waals surface area contributed by atoms with Gasteiger partial charge in [0.15, 0.2) is 0 Å². The van der Waals surface area contributed by atoms with Gasteiger partial charge < -0.3 is 0 Å². The molecular formula is C12H12F3N5. The van der Waals surface area contributed by atoms with Crippen LogP contribution >= 0.6 is 0 Å². The van der Waals surface area contributed by atoms with E-state index in [0.717, 1.165) is 10.7 Å². The molecule has 0 aliphatic heterocycles. The van der Waals surface area contributed by atoms with Crippen molar-refractivity contribution < 1.29 is 13.2 Å². The smallest absolute Gasteiger partial charge is 0.275 e. The third-order valence-electron chi connectivity index (χ3n) is 2.80. The van der Waals surface area contributed by atoms with Gasteiger partial charge in [0.25, 0.3) is 0 Å².